The Labute approximate surface area is 153 Å². The van der Waals surface area contributed by atoms with Crippen LogP contribution >= 0.6 is 0 Å². The lowest BCUT2D eigenvalue weighted by Gasteiger charge is -2.25. The second-order valence-corrected chi connectivity index (χ2v) is 7.57. The monoisotopic (exact) mass is 346 g/mol. The molecule has 0 spiro atoms. The molecule has 1 atom stereocenters. The minimum atomic E-state index is -0.0170. The molecule has 1 fully saturated rings. The Hall–Kier alpha value is -2.88. The van der Waals surface area contributed by atoms with Crippen molar-refractivity contribution in [1.82, 2.24) is 10.1 Å². The van der Waals surface area contributed by atoms with Crippen LogP contribution in [0.2, 0.25) is 0 Å². The molecule has 2 aromatic carbocycles. The van der Waals surface area contributed by atoms with Crippen LogP contribution in [0.25, 0.3) is 11.3 Å². The number of carbonyl (C=O) groups excluding carboxylic acids is 1. The standard InChI is InChI=1S/C22H22N2O2/c1-22(2)15-24(14-19(22)16-9-5-3-6-10-16)21(25)18-13-23-26-20(18)17-11-7-4-8-12-17/h3-13,19H,14-15H2,1-2H3/t19-/m0/s1. The van der Waals surface area contributed by atoms with Crippen molar-refractivity contribution >= 4 is 5.91 Å². The SMILES string of the molecule is CC1(C)CN(C(=O)c2cnoc2-c2ccccc2)C[C@H]1c1ccccc1. The molecule has 4 rings (SSSR count). The Morgan fingerprint density at radius 2 is 1.73 bits per heavy atom. The zero-order valence-corrected chi connectivity index (χ0v) is 15.1. The third-order valence-corrected chi connectivity index (χ3v) is 5.27. The van der Waals surface area contributed by atoms with Crippen LogP contribution in [-0.2, 0) is 0 Å². The molecule has 0 unspecified atom stereocenters. The molecule has 1 aliphatic rings. The molecule has 0 radical (unpaired) electrons. The second-order valence-electron chi connectivity index (χ2n) is 7.57. The van der Waals surface area contributed by atoms with Crippen molar-refractivity contribution in [1.29, 1.82) is 0 Å². The first-order valence-electron chi connectivity index (χ1n) is 8.90. The number of benzene rings is 2. The summed E-state index contributed by atoms with van der Waals surface area (Å²) < 4.78 is 5.40. The Morgan fingerprint density at radius 3 is 2.42 bits per heavy atom. The molecular formula is C22H22N2O2. The fraction of sp³-hybridized carbons (Fsp3) is 0.273. The molecule has 1 aromatic heterocycles. The van der Waals surface area contributed by atoms with Gasteiger partial charge in [-0.05, 0) is 11.0 Å². The minimum Gasteiger partial charge on any atom is -0.355 e. The lowest BCUT2D eigenvalue weighted by molar-refractivity contribution is 0.0778. The summed E-state index contributed by atoms with van der Waals surface area (Å²) in [6.45, 7) is 5.87. The van der Waals surface area contributed by atoms with Crippen LogP contribution in [0.15, 0.2) is 71.4 Å². The van der Waals surface area contributed by atoms with Crippen molar-refractivity contribution in [2.45, 2.75) is 19.8 Å². The van der Waals surface area contributed by atoms with E-state index in [0.717, 1.165) is 5.56 Å². The number of hydrogen-bond acceptors (Lipinski definition) is 3. The van der Waals surface area contributed by atoms with Crippen LogP contribution in [0, 0.1) is 5.41 Å². The molecule has 2 heterocycles. The van der Waals surface area contributed by atoms with Crippen molar-refractivity contribution in [2.75, 3.05) is 13.1 Å². The zero-order valence-electron chi connectivity index (χ0n) is 15.1. The summed E-state index contributed by atoms with van der Waals surface area (Å²) in [7, 11) is 0. The van der Waals surface area contributed by atoms with Crippen LogP contribution in [0.3, 0.4) is 0 Å². The number of amides is 1. The van der Waals surface area contributed by atoms with Crippen LogP contribution in [0.5, 0.6) is 0 Å². The summed E-state index contributed by atoms with van der Waals surface area (Å²) in [4.78, 5) is 15.1. The van der Waals surface area contributed by atoms with Gasteiger partial charge in [-0.3, -0.25) is 4.79 Å². The molecule has 0 saturated carbocycles. The second kappa shape index (κ2) is 6.45. The van der Waals surface area contributed by atoms with Gasteiger partial charge in [-0.15, -0.1) is 0 Å². The molecule has 0 bridgehead atoms. The van der Waals surface area contributed by atoms with Gasteiger partial charge in [0, 0.05) is 24.6 Å². The molecule has 0 N–H and O–H groups in total. The summed E-state index contributed by atoms with van der Waals surface area (Å²) in [6.07, 6.45) is 1.54. The number of aromatic nitrogens is 1. The van der Waals surface area contributed by atoms with Gasteiger partial charge in [-0.2, -0.15) is 0 Å². The molecular weight excluding hydrogens is 324 g/mol. The van der Waals surface area contributed by atoms with Gasteiger partial charge < -0.3 is 9.42 Å². The highest BCUT2D eigenvalue weighted by Gasteiger charge is 2.42. The van der Waals surface area contributed by atoms with Gasteiger partial charge in [0.2, 0.25) is 0 Å². The van der Waals surface area contributed by atoms with Gasteiger partial charge in [0.1, 0.15) is 5.56 Å². The van der Waals surface area contributed by atoms with E-state index in [0.29, 0.717) is 30.3 Å². The van der Waals surface area contributed by atoms with Crippen LogP contribution in [0.1, 0.15) is 35.7 Å². The minimum absolute atomic E-state index is 0.0150. The summed E-state index contributed by atoms with van der Waals surface area (Å²) >= 11 is 0. The Bertz CT molecular complexity index is 900. The third kappa shape index (κ3) is 2.92. The average molecular weight is 346 g/mol. The first-order valence-corrected chi connectivity index (χ1v) is 8.90. The topological polar surface area (TPSA) is 46.3 Å². The number of likely N-dealkylation sites (tertiary alicyclic amines) is 1. The van der Waals surface area contributed by atoms with E-state index >= 15 is 0 Å². The average Bonchev–Trinajstić information content (AvgIpc) is 3.27. The highest BCUT2D eigenvalue weighted by atomic mass is 16.5. The summed E-state index contributed by atoms with van der Waals surface area (Å²) in [5.74, 6) is 0.834. The smallest absolute Gasteiger partial charge is 0.259 e. The Morgan fingerprint density at radius 1 is 1.08 bits per heavy atom. The summed E-state index contributed by atoms with van der Waals surface area (Å²) in [6, 6.07) is 20.1. The van der Waals surface area contributed by atoms with E-state index in [1.807, 2.05) is 41.3 Å². The van der Waals surface area contributed by atoms with Gasteiger partial charge in [0.15, 0.2) is 5.76 Å². The van der Waals surface area contributed by atoms with E-state index in [9.17, 15) is 4.79 Å². The number of rotatable bonds is 3. The van der Waals surface area contributed by atoms with E-state index in [4.69, 9.17) is 4.52 Å². The molecule has 1 aliphatic heterocycles. The first-order chi connectivity index (χ1) is 12.6. The normalized spacial score (nSPS) is 18.8. The van der Waals surface area contributed by atoms with Crippen molar-refractivity contribution in [2.24, 2.45) is 5.41 Å². The van der Waals surface area contributed by atoms with Gasteiger partial charge in [-0.1, -0.05) is 79.7 Å². The number of carbonyl (C=O) groups is 1. The van der Waals surface area contributed by atoms with Gasteiger partial charge in [0.25, 0.3) is 5.91 Å². The Kier molecular flexibility index (Phi) is 4.11. The molecule has 1 saturated heterocycles. The first kappa shape index (κ1) is 16.6. The van der Waals surface area contributed by atoms with E-state index in [2.05, 4.69) is 43.3 Å². The number of hydrogen-bond donors (Lipinski definition) is 0. The van der Waals surface area contributed by atoms with E-state index in [-0.39, 0.29) is 11.3 Å². The predicted molar refractivity (Wildman–Crippen MR) is 101 cm³/mol. The van der Waals surface area contributed by atoms with E-state index in [1.54, 1.807) is 0 Å². The molecule has 132 valence electrons. The Balaban J connectivity index is 1.62. The lowest BCUT2D eigenvalue weighted by Crippen LogP contribution is -2.30. The van der Waals surface area contributed by atoms with Gasteiger partial charge in [-0.25, -0.2) is 0 Å². The van der Waals surface area contributed by atoms with Crippen molar-refractivity contribution < 1.29 is 9.32 Å². The highest BCUT2D eigenvalue weighted by molar-refractivity contribution is 5.99. The van der Waals surface area contributed by atoms with Gasteiger partial charge >= 0.3 is 0 Å². The van der Waals surface area contributed by atoms with Crippen molar-refractivity contribution in [3.63, 3.8) is 0 Å². The summed E-state index contributed by atoms with van der Waals surface area (Å²) in [5.41, 5.74) is 2.69. The highest BCUT2D eigenvalue weighted by Crippen LogP contribution is 2.43. The quantitative estimate of drug-likeness (QED) is 0.696. The van der Waals surface area contributed by atoms with Crippen LogP contribution in [0.4, 0.5) is 0 Å². The van der Waals surface area contributed by atoms with Crippen LogP contribution < -0.4 is 0 Å². The van der Waals surface area contributed by atoms with E-state index in [1.165, 1.54) is 11.8 Å². The van der Waals surface area contributed by atoms with Crippen LogP contribution in [-0.4, -0.2) is 29.1 Å². The summed E-state index contributed by atoms with van der Waals surface area (Å²) in [5, 5.41) is 3.88. The largest absolute Gasteiger partial charge is 0.355 e. The third-order valence-electron chi connectivity index (χ3n) is 5.27. The number of nitrogens with zero attached hydrogens (tertiary/aromatic N) is 2. The van der Waals surface area contributed by atoms with E-state index < -0.39 is 0 Å². The maximum Gasteiger partial charge on any atom is 0.259 e. The van der Waals surface area contributed by atoms with Gasteiger partial charge in [0.05, 0.1) is 6.20 Å². The van der Waals surface area contributed by atoms with Crippen molar-refractivity contribution in [3.8, 4) is 11.3 Å². The predicted octanol–water partition coefficient (Wildman–Crippen LogP) is 4.61. The zero-order chi connectivity index (χ0) is 18.1. The fourth-order valence-corrected chi connectivity index (χ4v) is 3.89. The molecule has 0 aliphatic carbocycles. The fourth-order valence-electron chi connectivity index (χ4n) is 3.89. The van der Waals surface area contributed by atoms with Crippen molar-refractivity contribution in [3.05, 3.63) is 78.0 Å². The maximum atomic E-state index is 13.2. The molecule has 4 nitrogen and oxygen atoms in total. The molecule has 1 amide bonds. The molecule has 4 heteroatoms. The lowest BCUT2D eigenvalue weighted by atomic mass is 9.78. The maximum absolute atomic E-state index is 13.2. The molecule has 3 aromatic rings. The molecule has 26 heavy (non-hydrogen) atoms.